The highest BCUT2D eigenvalue weighted by molar-refractivity contribution is 6.87. The Hall–Kier alpha value is -1.36. The van der Waals surface area contributed by atoms with Gasteiger partial charge in [-0.15, -0.1) is 5.54 Å². The smallest absolute Gasteiger partial charge is 0.125 e. The Morgan fingerprint density at radius 1 is 1.05 bits per heavy atom. The van der Waals surface area contributed by atoms with E-state index in [-0.39, 0.29) is 5.04 Å². The molecule has 0 fully saturated rings. The molecule has 20 heavy (non-hydrogen) atoms. The lowest BCUT2D eigenvalue weighted by Crippen LogP contribution is -2.35. The second kappa shape index (κ2) is 7.43. The summed E-state index contributed by atoms with van der Waals surface area (Å²) in [5.74, 6) is 16.0. The third-order valence-corrected chi connectivity index (χ3v) is 8.53. The van der Waals surface area contributed by atoms with Crippen molar-refractivity contribution in [2.75, 3.05) is 0 Å². The maximum atomic E-state index is 3.52. The fourth-order valence-electron chi connectivity index (χ4n) is 1.47. The summed E-state index contributed by atoms with van der Waals surface area (Å²) >= 11 is 0. The van der Waals surface area contributed by atoms with Crippen molar-refractivity contribution in [3.05, 3.63) is 11.6 Å². The number of allylic oxidation sites excluding steroid dienone is 2. The fourth-order valence-corrected chi connectivity index (χ4v) is 2.29. The molecule has 1 aliphatic rings. The lowest BCUT2D eigenvalue weighted by molar-refractivity contribution is 0.709. The first-order chi connectivity index (χ1) is 9.33. The second-order valence-electron chi connectivity index (χ2n) is 6.87. The fraction of sp³-hybridized carbons (Fsp3) is 0.579. The van der Waals surface area contributed by atoms with Crippen molar-refractivity contribution >= 4 is 8.07 Å². The maximum absolute atomic E-state index is 3.52. The van der Waals surface area contributed by atoms with Crippen LogP contribution in [0.3, 0.4) is 0 Å². The van der Waals surface area contributed by atoms with Gasteiger partial charge in [0.25, 0.3) is 0 Å². The van der Waals surface area contributed by atoms with Gasteiger partial charge < -0.3 is 0 Å². The van der Waals surface area contributed by atoms with Crippen molar-refractivity contribution in [2.45, 2.75) is 71.0 Å². The van der Waals surface area contributed by atoms with Gasteiger partial charge in [-0.1, -0.05) is 69.9 Å². The highest BCUT2D eigenvalue weighted by Gasteiger charge is 2.33. The van der Waals surface area contributed by atoms with Gasteiger partial charge in [0.05, 0.1) is 5.57 Å². The zero-order chi connectivity index (χ0) is 15.1. The summed E-state index contributed by atoms with van der Waals surface area (Å²) in [6, 6.07) is 0. The molecule has 1 rings (SSSR count). The molecule has 0 spiro atoms. The highest BCUT2D eigenvalue weighted by atomic mass is 28.3. The molecule has 106 valence electrons. The normalized spacial score (nSPS) is 18.8. The van der Waals surface area contributed by atoms with Gasteiger partial charge in [0.2, 0.25) is 0 Å². The molecular weight excluding hydrogens is 256 g/mol. The first-order valence-corrected chi connectivity index (χ1v) is 10.5. The highest BCUT2D eigenvalue weighted by Crippen LogP contribution is 2.35. The molecule has 0 heterocycles. The largest absolute Gasteiger partial charge is 0.138 e. The first kappa shape index (κ1) is 16.7. The van der Waals surface area contributed by atoms with Gasteiger partial charge in [0, 0.05) is 18.9 Å². The van der Waals surface area contributed by atoms with Gasteiger partial charge in [0.1, 0.15) is 8.07 Å². The van der Waals surface area contributed by atoms with Crippen LogP contribution in [-0.2, 0) is 0 Å². The molecule has 0 amide bonds. The average molecular weight is 283 g/mol. The van der Waals surface area contributed by atoms with Crippen LogP contribution in [0.5, 0.6) is 0 Å². The van der Waals surface area contributed by atoms with E-state index in [4.69, 9.17) is 0 Å². The zero-order valence-corrected chi connectivity index (χ0v) is 14.6. The Bertz CT molecular complexity index is 536. The first-order valence-electron chi connectivity index (χ1n) is 7.53. The van der Waals surface area contributed by atoms with Gasteiger partial charge in [-0.3, -0.25) is 0 Å². The molecule has 0 atom stereocenters. The summed E-state index contributed by atoms with van der Waals surface area (Å²) in [6.07, 6.45) is 7.45. The summed E-state index contributed by atoms with van der Waals surface area (Å²) in [5.41, 5.74) is 4.41. The van der Waals surface area contributed by atoms with Crippen molar-refractivity contribution in [2.24, 2.45) is 0 Å². The summed E-state index contributed by atoms with van der Waals surface area (Å²) in [6.45, 7) is 11.5. The summed E-state index contributed by atoms with van der Waals surface area (Å²) in [5, 5.41) is 0.285. The van der Waals surface area contributed by atoms with E-state index in [1.165, 1.54) is 19.3 Å². The Morgan fingerprint density at radius 3 is 2.35 bits per heavy atom. The minimum absolute atomic E-state index is 0.285. The quantitative estimate of drug-likeness (QED) is 0.436. The van der Waals surface area contributed by atoms with Crippen molar-refractivity contribution in [1.82, 2.24) is 0 Å². The average Bonchev–Trinajstić information content (AvgIpc) is 2.40. The molecule has 0 unspecified atom stereocenters. The lowest BCUT2D eigenvalue weighted by Gasteiger charge is -2.31. The van der Waals surface area contributed by atoms with E-state index in [2.05, 4.69) is 69.0 Å². The van der Waals surface area contributed by atoms with Crippen molar-refractivity contribution in [1.29, 1.82) is 0 Å². The van der Waals surface area contributed by atoms with Crippen molar-refractivity contribution in [3.8, 4) is 35.1 Å². The van der Waals surface area contributed by atoms with Gasteiger partial charge in [0.15, 0.2) is 0 Å². The minimum Gasteiger partial charge on any atom is -0.125 e. The summed E-state index contributed by atoms with van der Waals surface area (Å²) in [4.78, 5) is 0. The molecule has 0 nitrogen and oxygen atoms in total. The molecule has 0 N–H and O–H groups in total. The second-order valence-corrected chi connectivity index (χ2v) is 11.9. The monoisotopic (exact) mass is 282 g/mol. The van der Waals surface area contributed by atoms with E-state index >= 15 is 0 Å². The van der Waals surface area contributed by atoms with E-state index in [1.807, 2.05) is 6.08 Å². The van der Waals surface area contributed by atoms with Crippen LogP contribution in [-0.4, -0.2) is 8.07 Å². The van der Waals surface area contributed by atoms with Crippen LogP contribution in [0.1, 0.15) is 52.9 Å². The Morgan fingerprint density at radius 2 is 1.70 bits per heavy atom. The van der Waals surface area contributed by atoms with E-state index < -0.39 is 8.07 Å². The van der Waals surface area contributed by atoms with Crippen LogP contribution in [0, 0.1) is 35.1 Å². The Balaban J connectivity index is 2.98. The number of hydrogen-bond acceptors (Lipinski definition) is 0. The lowest BCUT2D eigenvalue weighted by atomic mass is 10.1. The summed E-state index contributed by atoms with van der Waals surface area (Å²) < 4.78 is 0. The van der Waals surface area contributed by atoms with Gasteiger partial charge in [-0.05, 0) is 17.9 Å². The van der Waals surface area contributed by atoms with E-state index in [1.54, 1.807) is 0 Å². The van der Waals surface area contributed by atoms with Gasteiger partial charge >= 0.3 is 0 Å². The third kappa shape index (κ3) is 5.73. The Labute approximate surface area is 126 Å². The minimum atomic E-state index is -1.57. The topological polar surface area (TPSA) is 0 Å². The van der Waals surface area contributed by atoms with E-state index in [9.17, 15) is 0 Å². The van der Waals surface area contributed by atoms with Gasteiger partial charge in [-0.2, -0.15) is 0 Å². The molecule has 0 saturated carbocycles. The Kier molecular flexibility index (Phi) is 6.20. The molecule has 0 aromatic heterocycles. The molecule has 0 saturated heterocycles. The molecule has 0 bridgehead atoms. The SMILES string of the molecule is CC(C)(C)[Si](C)(C)C#C/C1=C/C#CCCCCCC#C1. The predicted molar refractivity (Wildman–Crippen MR) is 91.7 cm³/mol. The van der Waals surface area contributed by atoms with Crippen molar-refractivity contribution in [3.63, 3.8) is 0 Å². The number of rotatable bonds is 0. The van der Waals surface area contributed by atoms with Crippen molar-refractivity contribution < 1.29 is 0 Å². The van der Waals surface area contributed by atoms with Crippen LogP contribution in [0.15, 0.2) is 11.6 Å². The summed E-state index contributed by atoms with van der Waals surface area (Å²) in [7, 11) is -1.57. The van der Waals surface area contributed by atoms with Crippen LogP contribution in [0.4, 0.5) is 0 Å². The van der Waals surface area contributed by atoms with Crippen LogP contribution in [0.2, 0.25) is 18.1 Å². The van der Waals surface area contributed by atoms with Crippen LogP contribution in [0.25, 0.3) is 0 Å². The molecule has 0 aromatic carbocycles. The molecular formula is C19H26Si. The number of hydrogen-bond donors (Lipinski definition) is 0. The third-order valence-electron chi connectivity index (χ3n) is 4.03. The molecule has 0 radical (unpaired) electrons. The standard InChI is InChI=1S/C19H26Si/c1-19(2,3)20(4,5)17-16-18-14-12-10-8-6-7-9-11-13-15-18/h15H,6-10H2,1-5H3/b18-15+. The van der Waals surface area contributed by atoms with Gasteiger partial charge in [-0.25, -0.2) is 0 Å². The molecule has 1 heteroatoms. The molecule has 0 aliphatic heterocycles. The molecule has 0 aromatic rings. The van der Waals surface area contributed by atoms with E-state index in [0.29, 0.717) is 0 Å². The van der Waals surface area contributed by atoms with E-state index in [0.717, 1.165) is 18.4 Å². The molecule has 1 aliphatic carbocycles. The van der Waals surface area contributed by atoms with Crippen LogP contribution < -0.4 is 0 Å². The maximum Gasteiger partial charge on any atom is 0.138 e. The van der Waals surface area contributed by atoms with Crippen LogP contribution >= 0.6 is 0 Å². The predicted octanol–water partition coefficient (Wildman–Crippen LogP) is 4.93. The zero-order valence-electron chi connectivity index (χ0n) is 13.6.